The van der Waals surface area contributed by atoms with E-state index in [1.807, 2.05) is 84.9 Å². The molecule has 4 aromatic carbocycles. The minimum Gasteiger partial charge on any atom is -0.426 e. The zero-order valence-electron chi connectivity index (χ0n) is 24.3. The van der Waals surface area contributed by atoms with Crippen molar-refractivity contribution in [1.29, 1.82) is 0 Å². The van der Waals surface area contributed by atoms with Crippen molar-refractivity contribution in [2.45, 2.75) is 19.3 Å². The summed E-state index contributed by atoms with van der Waals surface area (Å²) < 4.78 is 5.56. The summed E-state index contributed by atoms with van der Waals surface area (Å²) in [5, 5.41) is 8.60. The van der Waals surface area contributed by atoms with Gasteiger partial charge in [-0.05, 0) is 65.9 Å². The second kappa shape index (κ2) is 14.8. The van der Waals surface area contributed by atoms with Crippen molar-refractivity contribution in [3.8, 4) is 5.75 Å². The predicted molar refractivity (Wildman–Crippen MR) is 173 cm³/mol. The van der Waals surface area contributed by atoms with Crippen LogP contribution in [0.2, 0.25) is 0 Å². The minimum absolute atomic E-state index is 0.120. The Bertz CT molecular complexity index is 1630. The molecule has 7 heteroatoms. The molecule has 0 saturated heterocycles. The van der Waals surface area contributed by atoms with E-state index >= 15 is 0 Å². The van der Waals surface area contributed by atoms with E-state index in [4.69, 9.17) is 4.74 Å². The molecule has 0 spiro atoms. The molecule has 1 heterocycles. The van der Waals surface area contributed by atoms with Gasteiger partial charge >= 0.3 is 5.97 Å². The molecule has 5 rings (SSSR count). The van der Waals surface area contributed by atoms with E-state index in [1.54, 1.807) is 24.5 Å². The molecule has 1 atom stereocenters. The van der Waals surface area contributed by atoms with Gasteiger partial charge in [-0.15, -0.1) is 0 Å². The van der Waals surface area contributed by atoms with Crippen molar-refractivity contribution < 1.29 is 14.3 Å². The molecule has 5 aromatic rings. The first-order chi connectivity index (χ1) is 21.1. The first kappa shape index (κ1) is 29.5. The van der Waals surface area contributed by atoms with Gasteiger partial charge in [0.2, 0.25) is 5.91 Å². The highest BCUT2D eigenvalue weighted by Crippen LogP contribution is 2.24. The molecule has 218 valence electrons. The van der Waals surface area contributed by atoms with Crippen molar-refractivity contribution in [2.75, 3.05) is 36.4 Å². The maximum Gasteiger partial charge on any atom is 0.315 e. The Morgan fingerprint density at radius 3 is 2.35 bits per heavy atom. The third-order valence-electron chi connectivity index (χ3n) is 7.34. The molecule has 0 aliphatic heterocycles. The van der Waals surface area contributed by atoms with Crippen molar-refractivity contribution in [2.24, 2.45) is 0 Å². The van der Waals surface area contributed by atoms with Gasteiger partial charge in [-0.1, -0.05) is 66.7 Å². The van der Waals surface area contributed by atoms with E-state index in [0.29, 0.717) is 18.8 Å². The van der Waals surface area contributed by atoms with Gasteiger partial charge in [0.15, 0.2) is 0 Å². The van der Waals surface area contributed by atoms with Crippen LogP contribution in [0, 0.1) is 0 Å². The number of rotatable bonds is 13. The lowest BCUT2D eigenvalue weighted by molar-refractivity contribution is -0.133. The number of hydrogen-bond donors (Lipinski definition) is 2. The molecule has 43 heavy (non-hydrogen) atoms. The van der Waals surface area contributed by atoms with Crippen LogP contribution in [0.15, 0.2) is 122 Å². The fourth-order valence-electron chi connectivity index (χ4n) is 5.02. The Labute approximate surface area is 252 Å². The standard InChI is InChI=1S/C36H36N4O3/c1-2-40(32-11-7-4-8-12-32)22-21-38-26-34(36(42)39-31-16-13-30-25-37-20-19-29(30)24-31)28-14-17-33(18-15-28)43-35(41)23-27-9-5-3-6-10-27/h3-20,24-25,34,38H,2,21-23,26H2,1H3,(H,39,42). The molecule has 0 bridgehead atoms. The third-order valence-corrected chi connectivity index (χ3v) is 7.34. The summed E-state index contributed by atoms with van der Waals surface area (Å²) in [4.78, 5) is 32.6. The van der Waals surface area contributed by atoms with Crippen LogP contribution in [-0.2, 0) is 16.0 Å². The van der Waals surface area contributed by atoms with Crippen LogP contribution in [0.25, 0.3) is 10.8 Å². The van der Waals surface area contributed by atoms with E-state index in [9.17, 15) is 9.59 Å². The number of aromatic nitrogens is 1. The number of para-hydroxylation sites is 1. The molecule has 0 aliphatic rings. The second-order valence-corrected chi connectivity index (χ2v) is 10.3. The van der Waals surface area contributed by atoms with E-state index in [2.05, 4.69) is 39.6 Å². The molecule has 0 fully saturated rings. The Morgan fingerprint density at radius 1 is 0.860 bits per heavy atom. The average Bonchev–Trinajstić information content (AvgIpc) is 3.04. The number of pyridine rings is 1. The van der Waals surface area contributed by atoms with Gasteiger partial charge in [0.05, 0.1) is 12.3 Å². The van der Waals surface area contributed by atoms with Crippen LogP contribution in [0.5, 0.6) is 5.75 Å². The van der Waals surface area contributed by atoms with Crippen LogP contribution < -0.4 is 20.3 Å². The summed E-state index contributed by atoms with van der Waals surface area (Å²) in [5.41, 5.74) is 3.62. The third kappa shape index (κ3) is 8.27. The first-order valence-corrected chi connectivity index (χ1v) is 14.6. The summed E-state index contributed by atoms with van der Waals surface area (Å²) in [6.07, 6.45) is 3.73. The number of anilines is 2. The van der Waals surface area contributed by atoms with Gasteiger partial charge in [-0.3, -0.25) is 14.6 Å². The van der Waals surface area contributed by atoms with Gasteiger partial charge in [0.1, 0.15) is 5.75 Å². The summed E-state index contributed by atoms with van der Waals surface area (Å²) in [5.74, 6) is -0.471. The molecule has 2 N–H and O–H groups in total. The van der Waals surface area contributed by atoms with Crippen molar-refractivity contribution >= 4 is 34.0 Å². The lowest BCUT2D eigenvalue weighted by Crippen LogP contribution is -2.36. The van der Waals surface area contributed by atoms with Crippen molar-refractivity contribution in [1.82, 2.24) is 10.3 Å². The molecule has 0 saturated carbocycles. The summed E-state index contributed by atoms with van der Waals surface area (Å²) in [6, 6.07) is 34.7. The monoisotopic (exact) mass is 572 g/mol. The number of esters is 1. The van der Waals surface area contributed by atoms with E-state index < -0.39 is 5.92 Å². The fraction of sp³-hybridized carbons (Fsp3) is 0.194. The number of nitrogens with one attached hydrogen (secondary N) is 2. The van der Waals surface area contributed by atoms with E-state index in [0.717, 1.165) is 40.7 Å². The van der Waals surface area contributed by atoms with Gasteiger partial charge in [-0.25, -0.2) is 0 Å². The molecule has 1 amide bonds. The maximum atomic E-state index is 13.7. The zero-order chi connectivity index (χ0) is 29.9. The Balaban J connectivity index is 1.26. The first-order valence-electron chi connectivity index (χ1n) is 14.6. The number of ether oxygens (including phenoxy) is 1. The molecule has 0 aliphatic carbocycles. The quantitative estimate of drug-likeness (QED) is 0.0990. The number of benzene rings is 4. The fourth-order valence-corrected chi connectivity index (χ4v) is 5.02. The summed E-state index contributed by atoms with van der Waals surface area (Å²) in [7, 11) is 0. The average molecular weight is 573 g/mol. The van der Waals surface area contributed by atoms with Crippen molar-refractivity contribution in [3.05, 3.63) is 133 Å². The maximum absolute atomic E-state index is 13.7. The molecular formula is C36H36N4O3. The van der Waals surface area contributed by atoms with Gasteiger partial charge < -0.3 is 20.3 Å². The Hall–Kier alpha value is -5.01. The molecular weight excluding hydrogens is 536 g/mol. The largest absolute Gasteiger partial charge is 0.426 e. The van der Waals surface area contributed by atoms with E-state index in [1.165, 1.54) is 5.69 Å². The molecule has 1 unspecified atom stereocenters. The Morgan fingerprint density at radius 2 is 1.60 bits per heavy atom. The SMILES string of the molecule is CCN(CCNCC(C(=O)Nc1ccc2cnccc2c1)c1ccc(OC(=O)Cc2ccccc2)cc1)c1ccccc1. The lowest BCUT2D eigenvalue weighted by Gasteiger charge is -2.24. The van der Waals surface area contributed by atoms with Gasteiger partial charge in [0, 0.05) is 55.3 Å². The van der Waals surface area contributed by atoms with Crippen molar-refractivity contribution in [3.63, 3.8) is 0 Å². The van der Waals surface area contributed by atoms with Crippen LogP contribution in [0.4, 0.5) is 11.4 Å². The number of carbonyl (C=O) groups is 2. The number of amides is 1. The molecule has 7 nitrogen and oxygen atoms in total. The second-order valence-electron chi connectivity index (χ2n) is 10.3. The highest BCUT2D eigenvalue weighted by molar-refractivity contribution is 5.98. The number of fused-ring (bicyclic) bond motifs is 1. The number of likely N-dealkylation sites (N-methyl/N-ethyl adjacent to an activating group) is 1. The lowest BCUT2D eigenvalue weighted by atomic mass is 9.97. The Kier molecular flexibility index (Phi) is 10.1. The highest BCUT2D eigenvalue weighted by Gasteiger charge is 2.21. The van der Waals surface area contributed by atoms with Gasteiger partial charge in [0.25, 0.3) is 0 Å². The number of nitrogens with zero attached hydrogens (tertiary/aromatic N) is 2. The van der Waals surface area contributed by atoms with Gasteiger partial charge in [-0.2, -0.15) is 0 Å². The normalized spacial score (nSPS) is 11.6. The highest BCUT2D eigenvalue weighted by atomic mass is 16.5. The predicted octanol–water partition coefficient (Wildman–Crippen LogP) is 6.22. The smallest absolute Gasteiger partial charge is 0.315 e. The van der Waals surface area contributed by atoms with Crippen LogP contribution in [0.1, 0.15) is 24.0 Å². The van der Waals surface area contributed by atoms with Crippen LogP contribution in [-0.4, -0.2) is 43.0 Å². The summed E-state index contributed by atoms with van der Waals surface area (Å²) in [6.45, 7) is 4.99. The van der Waals surface area contributed by atoms with Crippen LogP contribution >= 0.6 is 0 Å². The minimum atomic E-state index is -0.464. The van der Waals surface area contributed by atoms with Crippen LogP contribution in [0.3, 0.4) is 0 Å². The number of carbonyl (C=O) groups excluding carboxylic acids is 2. The topological polar surface area (TPSA) is 83.6 Å². The van der Waals surface area contributed by atoms with E-state index in [-0.39, 0.29) is 18.3 Å². The number of hydrogen-bond acceptors (Lipinski definition) is 6. The zero-order valence-corrected chi connectivity index (χ0v) is 24.3. The summed E-state index contributed by atoms with van der Waals surface area (Å²) >= 11 is 0. The molecule has 0 radical (unpaired) electrons. The molecule has 1 aromatic heterocycles.